The highest BCUT2D eigenvalue weighted by molar-refractivity contribution is 7.47. The first kappa shape index (κ1) is 45.9. The summed E-state index contributed by atoms with van der Waals surface area (Å²) in [6.07, 6.45) is 35.7. The Hall–Kier alpha value is -3.08. The van der Waals surface area contributed by atoms with Crippen LogP contribution < -0.4 is 5.32 Å². The van der Waals surface area contributed by atoms with E-state index in [9.17, 15) is 34.1 Å². The van der Waals surface area contributed by atoms with Crippen LogP contribution in [0.2, 0.25) is 0 Å². The quantitative estimate of drug-likeness (QED) is 0.0241. The molecule has 0 rings (SSSR count). The van der Waals surface area contributed by atoms with Gasteiger partial charge in [0, 0.05) is 12.8 Å². The van der Waals surface area contributed by atoms with Crippen LogP contribution in [0.3, 0.4) is 0 Å². The third-order valence-corrected chi connectivity index (χ3v) is 7.72. The molecule has 0 aliphatic carbocycles. The molecule has 0 spiro atoms. The number of carbonyl (C=O) groups excluding carboxylic acids is 2. The van der Waals surface area contributed by atoms with E-state index in [1.807, 2.05) is 18.2 Å². The number of carboxylic acid groups (broad SMARTS) is 1. The van der Waals surface area contributed by atoms with Crippen molar-refractivity contribution in [2.75, 3.05) is 19.8 Å². The van der Waals surface area contributed by atoms with Gasteiger partial charge in [-0.05, 0) is 51.4 Å². The maximum atomic E-state index is 12.1. The number of amides is 1. The summed E-state index contributed by atoms with van der Waals surface area (Å²) in [5.74, 6) is -2.49. The van der Waals surface area contributed by atoms with E-state index < -0.39 is 57.6 Å². The first-order valence-corrected chi connectivity index (χ1v) is 19.0. The molecular formula is C37H60NO10P. The number of hydrogen-bond donors (Lipinski definition) is 4. The van der Waals surface area contributed by atoms with E-state index in [1.54, 1.807) is 0 Å². The van der Waals surface area contributed by atoms with Gasteiger partial charge in [0.1, 0.15) is 12.7 Å². The Morgan fingerprint density at radius 2 is 1.16 bits per heavy atom. The average Bonchev–Trinajstić information content (AvgIpc) is 3.07. The number of allylic oxidation sites excluding steroid dienone is 12. The number of carbonyl (C=O) groups is 3. The molecule has 0 aromatic rings. The minimum atomic E-state index is -4.76. The van der Waals surface area contributed by atoms with Gasteiger partial charge in [-0.2, -0.15) is 0 Å². The molecule has 0 saturated heterocycles. The molecule has 278 valence electrons. The van der Waals surface area contributed by atoms with Gasteiger partial charge in [-0.3, -0.25) is 18.6 Å². The van der Waals surface area contributed by atoms with E-state index in [2.05, 4.69) is 78.4 Å². The molecule has 0 aliphatic heterocycles. The summed E-state index contributed by atoms with van der Waals surface area (Å²) in [5.41, 5.74) is 0. The molecule has 0 heterocycles. The Balaban J connectivity index is 4.06. The standard InChI is InChI=1S/C37H60NO10P/c1-3-5-7-9-11-12-13-14-15-16-17-18-19-20-21-22-23-25-27-29-36(41)46-30-33(39)31-47-49(44,45)48-32-34(37(42)43)38-35(40)28-26-24-10-8-6-4-2/h5,7,11-12,14-15,17-18,20-21,23,25,33-34,39H,3-4,6,8-10,13,16,19,22,24,26-32H2,1-2H3,(H,38,40)(H,42,43)(H,44,45)/b7-5-,12-11-,15-14-,18-17-,21-20-,25-23-. The lowest BCUT2D eigenvalue weighted by Gasteiger charge is -2.18. The number of hydrogen-bond acceptors (Lipinski definition) is 8. The van der Waals surface area contributed by atoms with Gasteiger partial charge >= 0.3 is 19.8 Å². The maximum absolute atomic E-state index is 12.1. The zero-order chi connectivity index (χ0) is 36.4. The molecule has 11 nitrogen and oxygen atoms in total. The van der Waals surface area contributed by atoms with Crippen LogP contribution in [-0.4, -0.2) is 64.9 Å². The predicted molar refractivity (Wildman–Crippen MR) is 194 cm³/mol. The molecule has 0 bridgehead atoms. The minimum Gasteiger partial charge on any atom is -0.480 e. The Morgan fingerprint density at radius 1 is 0.673 bits per heavy atom. The van der Waals surface area contributed by atoms with Gasteiger partial charge in [-0.25, -0.2) is 9.36 Å². The molecule has 49 heavy (non-hydrogen) atoms. The molecule has 12 heteroatoms. The molecule has 0 fully saturated rings. The van der Waals surface area contributed by atoms with Crippen molar-refractivity contribution >= 4 is 25.7 Å². The molecular weight excluding hydrogens is 649 g/mol. The molecule has 0 radical (unpaired) electrons. The van der Waals surface area contributed by atoms with Crippen molar-refractivity contribution in [3.05, 3.63) is 72.9 Å². The highest BCUT2D eigenvalue weighted by Gasteiger charge is 2.28. The van der Waals surface area contributed by atoms with Crippen LogP contribution in [0, 0.1) is 0 Å². The van der Waals surface area contributed by atoms with Gasteiger partial charge in [0.2, 0.25) is 5.91 Å². The van der Waals surface area contributed by atoms with Gasteiger partial charge in [-0.1, -0.05) is 119 Å². The molecule has 0 aliphatic rings. The Bertz CT molecular complexity index is 1110. The number of aliphatic hydroxyl groups is 1. The molecule has 0 saturated carbocycles. The maximum Gasteiger partial charge on any atom is 0.472 e. The van der Waals surface area contributed by atoms with Crippen molar-refractivity contribution in [3.63, 3.8) is 0 Å². The van der Waals surface area contributed by atoms with E-state index in [-0.39, 0.29) is 12.8 Å². The number of carboxylic acids is 1. The van der Waals surface area contributed by atoms with Gasteiger partial charge in [-0.15, -0.1) is 0 Å². The van der Waals surface area contributed by atoms with Crippen LogP contribution in [0.5, 0.6) is 0 Å². The highest BCUT2D eigenvalue weighted by Crippen LogP contribution is 2.43. The van der Waals surface area contributed by atoms with Crippen molar-refractivity contribution in [2.45, 2.75) is 122 Å². The molecule has 1 amide bonds. The third kappa shape index (κ3) is 31.9. The Morgan fingerprint density at radius 3 is 1.69 bits per heavy atom. The molecule has 3 atom stereocenters. The fourth-order valence-electron chi connectivity index (χ4n) is 4.04. The summed E-state index contributed by atoms with van der Waals surface area (Å²) < 4.78 is 26.5. The fourth-order valence-corrected chi connectivity index (χ4v) is 4.82. The van der Waals surface area contributed by atoms with Crippen LogP contribution in [0.15, 0.2) is 72.9 Å². The topological polar surface area (TPSA) is 169 Å². The zero-order valence-corrected chi connectivity index (χ0v) is 30.4. The largest absolute Gasteiger partial charge is 0.480 e. The summed E-state index contributed by atoms with van der Waals surface area (Å²) in [7, 11) is -4.76. The van der Waals surface area contributed by atoms with Gasteiger partial charge in [0.15, 0.2) is 6.04 Å². The second kappa shape index (κ2) is 32.1. The summed E-state index contributed by atoms with van der Waals surface area (Å²) >= 11 is 0. The number of unbranched alkanes of at least 4 members (excludes halogenated alkanes) is 5. The van der Waals surface area contributed by atoms with Gasteiger partial charge in [0.25, 0.3) is 0 Å². The smallest absolute Gasteiger partial charge is 0.472 e. The molecule has 3 unspecified atom stereocenters. The van der Waals surface area contributed by atoms with Crippen LogP contribution in [0.25, 0.3) is 0 Å². The van der Waals surface area contributed by atoms with Crippen LogP contribution in [0.4, 0.5) is 0 Å². The van der Waals surface area contributed by atoms with Crippen LogP contribution >= 0.6 is 7.82 Å². The number of aliphatic carboxylic acids is 1. The number of rotatable bonds is 31. The number of phosphoric ester groups is 1. The summed E-state index contributed by atoms with van der Waals surface area (Å²) in [6.45, 7) is 2.26. The first-order valence-electron chi connectivity index (χ1n) is 17.5. The Labute approximate surface area is 293 Å². The Kier molecular flexibility index (Phi) is 30.1. The second-order valence-corrected chi connectivity index (χ2v) is 12.8. The van der Waals surface area contributed by atoms with Crippen LogP contribution in [-0.2, 0) is 32.7 Å². The van der Waals surface area contributed by atoms with E-state index in [0.717, 1.165) is 70.6 Å². The lowest BCUT2D eigenvalue weighted by molar-refractivity contribution is -0.147. The van der Waals surface area contributed by atoms with Crippen molar-refractivity contribution in [2.24, 2.45) is 0 Å². The molecule has 4 N–H and O–H groups in total. The fraction of sp³-hybridized carbons (Fsp3) is 0.595. The highest BCUT2D eigenvalue weighted by atomic mass is 31.2. The van der Waals surface area contributed by atoms with Crippen molar-refractivity contribution in [1.29, 1.82) is 0 Å². The van der Waals surface area contributed by atoms with Crippen LogP contribution in [0.1, 0.15) is 110 Å². The number of phosphoric acid groups is 1. The monoisotopic (exact) mass is 709 g/mol. The average molecular weight is 710 g/mol. The van der Waals surface area contributed by atoms with E-state index in [4.69, 9.17) is 9.26 Å². The summed E-state index contributed by atoms with van der Waals surface area (Å²) in [5, 5.41) is 21.5. The number of ether oxygens (including phenoxy) is 1. The van der Waals surface area contributed by atoms with Crippen molar-refractivity contribution in [3.8, 4) is 0 Å². The normalized spacial score (nSPS) is 14.9. The third-order valence-electron chi connectivity index (χ3n) is 6.77. The molecule has 0 aromatic heterocycles. The van der Waals surface area contributed by atoms with Crippen molar-refractivity contribution in [1.82, 2.24) is 5.32 Å². The van der Waals surface area contributed by atoms with E-state index in [0.29, 0.717) is 12.8 Å². The first-order chi connectivity index (χ1) is 23.6. The van der Waals surface area contributed by atoms with Gasteiger partial charge in [0.05, 0.1) is 13.2 Å². The lowest BCUT2D eigenvalue weighted by Crippen LogP contribution is -2.43. The van der Waals surface area contributed by atoms with E-state index in [1.165, 1.54) is 0 Å². The van der Waals surface area contributed by atoms with Crippen molar-refractivity contribution < 1.29 is 47.8 Å². The predicted octanol–water partition coefficient (Wildman–Crippen LogP) is 7.82. The SMILES string of the molecule is CC/C=C\C/C=C\C/C=C\C/C=C\C/C=C\C/C=C\CCC(=O)OCC(O)COP(=O)(O)OCC(NC(=O)CCCCCCCC)C(=O)O. The molecule has 0 aromatic carbocycles. The number of aliphatic hydroxyl groups excluding tert-OH is 1. The summed E-state index contributed by atoms with van der Waals surface area (Å²) in [6, 6.07) is -1.55. The summed E-state index contributed by atoms with van der Waals surface area (Å²) in [4.78, 5) is 45.3. The second-order valence-electron chi connectivity index (χ2n) is 11.3. The number of nitrogens with one attached hydrogen (secondary N) is 1. The zero-order valence-electron chi connectivity index (χ0n) is 29.5. The number of esters is 1. The van der Waals surface area contributed by atoms with Gasteiger partial charge < -0.3 is 25.2 Å². The van der Waals surface area contributed by atoms with E-state index >= 15 is 0 Å². The minimum absolute atomic E-state index is 0.0957. The lowest BCUT2D eigenvalue weighted by atomic mass is 10.1.